The highest BCUT2D eigenvalue weighted by atomic mass is 32.1. The number of hydrogen-bond donors (Lipinski definition) is 0. The molecular weight excluding hydrogens is 296 g/mol. The third-order valence-electron chi connectivity index (χ3n) is 4.19. The van der Waals surface area contributed by atoms with Crippen molar-refractivity contribution in [1.82, 2.24) is 19.6 Å². The minimum Gasteiger partial charge on any atom is -0.340 e. The van der Waals surface area contributed by atoms with Crippen LogP contribution in [0.1, 0.15) is 17.7 Å². The van der Waals surface area contributed by atoms with E-state index < -0.39 is 0 Å². The van der Waals surface area contributed by atoms with Crippen molar-refractivity contribution in [3.05, 3.63) is 40.8 Å². The van der Waals surface area contributed by atoms with Gasteiger partial charge in [-0.1, -0.05) is 6.07 Å². The fraction of sp³-hybridized carbons (Fsp3) is 0.500. The van der Waals surface area contributed by atoms with Crippen molar-refractivity contribution in [2.45, 2.75) is 32.0 Å². The van der Waals surface area contributed by atoms with E-state index in [1.807, 2.05) is 40.3 Å². The fourth-order valence-electron chi connectivity index (χ4n) is 2.95. The zero-order chi connectivity index (χ0) is 15.4. The molecule has 1 fully saturated rings. The van der Waals surface area contributed by atoms with Gasteiger partial charge in [0.05, 0.1) is 19.6 Å². The quantitative estimate of drug-likeness (QED) is 0.819. The van der Waals surface area contributed by atoms with Gasteiger partial charge in [0.25, 0.3) is 0 Å². The molecule has 5 nitrogen and oxygen atoms in total. The van der Waals surface area contributed by atoms with E-state index in [0.29, 0.717) is 19.1 Å². The SMILES string of the molecule is CN(Cc1cccs1)C(=O)CN1CCC[C@@H]1Cn1cccn1. The summed E-state index contributed by atoms with van der Waals surface area (Å²) >= 11 is 1.70. The molecule has 3 rings (SSSR count). The standard InChI is InChI=1S/C16H22N4OS/c1-18(12-15-6-3-10-22-15)16(21)13-19-8-2-5-14(19)11-20-9-4-7-17-20/h3-4,6-7,9-10,14H,2,5,8,11-13H2,1H3/t14-/m1/s1. The van der Waals surface area contributed by atoms with Crippen molar-refractivity contribution in [2.75, 3.05) is 20.1 Å². The predicted molar refractivity (Wildman–Crippen MR) is 87.6 cm³/mol. The maximum absolute atomic E-state index is 12.4. The molecule has 0 spiro atoms. The Kier molecular flexibility index (Phi) is 4.90. The summed E-state index contributed by atoms with van der Waals surface area (Å²) in [4.78, 5) is 17.8. The Bertz CT molecular complexity index is 581. The molecule has 0 unspecified atom stereocenters. The molecule has 1 amide bonds. The normalized spacial score (nSPS) is 18.7. The van der Waals surface area contributed by atoms with Crippen LogP contribution >= 0.6 is 11.3 Å². The molecule has 3 heterocycles. The molecule has 2 aromatic rings. The summed E-state index contributed by atoms with van der Waals surface area (Å²) in [5.41, 5.74) is 0. The monoisotopic (exact) mass is 318 g/mol. The molecule has 0 aromatic carbocycles. The van der Waals surface area contributed by atoms with E-state index in [9.17, 15) is 4.79 Å². The first kappa shape index (κ1) is 15.2. The molecule has 22 heavy (non-hydrogen) atoms. The molecule has 0 radical (unpaired) electrons. The van der Waals surface area contributed by atoms with Crippen LogP contribution in [0.5, 0.6) is 0 Å². The maximum atomic E-state index is 12.4. The van der Waals surface area contributed by atoms with Gasteiger partial charge in [-0.25, -0.2) is 0 Å². The summed E-state index contributed by atoms with van der Waals surface area (Å²) in [7, 11) is 1.89. The summed E-state index contributed by atoms with van der Waals surface area (Å²) in [6, 6.07) is 6.46. The molecule has 0 saturated carbocycles. The first-order valence-corrected chi connectivity index (χ1v) is 8.58. The Balaban J connectivity index is 1.53. The second-order valence-electron chi connectivity index (χ2n) is 5.82. The zero-order valence-electron chi connectivity index (χ0n) is 12.9. The van der Waals surface area contributed by atoms with Crippen LogP contribution in [-0.4, -0.2) is 51.7 Å². The van der Waals surface area contributed by atoms with E-state index in [1.54, 1.807) is 17.5 Å². The van der Waals surface area contributed by atoms with Crippen LogP contribution in [0.15, 0.2) is 36.0 Å². The van der Waals surface area contributed by atoms with E-state index in [0.717, 1.165) is 25.9 Å². The van der Waals surface area contributed by atoms with Gasteiger partial charge in [0, 0.05) is 30.4 Å². The van der Waals surface area contributed by atoms with E-state index in [2.05, 4.69) is 16.1 Å². The van der Waals surface area contributed by atoms with Crippen LogP contribution in [0.25, 0.3) is 0 Å². The van der Waals surface area contributed by atoms with Crippen molar-refractivity contribution in [1.29, 1.82) is 0 Å². The van der Waals surface area contributed by atoms with Gasteiger partial charge in [0.1, 0.15) is 0 Å². The highest BCUT2D eigenvalue weighted by molar-refractivity contribution is 7.09. The number of amides is 1. The van der Waals surface area contributed by atoms with Crippen molar-refractivity contribution in [3.63, 3.8) is 0 Å². The molecule has 1 aliphatic rings. The highest BCUT2D eigenvalue weighted by Gasteiger charge is 2.27. The molecule has 0 N–H and O–H groups in total. The van der Waals surface area contributed by atoms with Crippen molar-refractivity contribution in [2.24, 2.45) is 0 Å². The van der Waals surface area contributed by atoms with E-state index >= 15 is 0 Å². The highest BCUT2D eigenvalue weighted by Crippen LogP contribution is 2.19. The molecule has 2 aromatic heterocycles. The van der Waals surface area contributed by atoms with E-state index in [1.165, 1.54) is 4.88 Å². The van der Waals surface area contributed by atoms with Gasteiger partial charge >= 0.3 is 0 Å². The summed E-state index contributed by atoms with van der Waals surface area (Å²) < 4.78 is 1.96. The summed E-state index contributed by atoms with van der Waals surface area (Å²) in [5.74, 6) is 0.195. The van der Waals surface area contributed by atoms with Gasteiger partial charge < -0.3 is 4.90 Å². The summed E-state index contributed by atoms with van der Waals surface area (Å²) in [6.45, 7) is 3.08. The molecule has 0 aliphatic carbocycles. The van der Waals surface area contributed by atoms with Crippen LogP contribution in [0.4, 0.5) is 0 Å². The van der Waals surface area contributed by atoms with E-state index in [4.69, 9.17) is 0 Å². The van der Waals surface area contributed by atoms with Gasteiger partial charge in [-0.05, 0) is 36.9 Å². The average Bonchev–Trinajstić information content (AvgIpc) is 3.23. The van der Waals surface area contributed by atoms with Crippen LogP contribution < -0.4 is 0 Å². The number of likely N-dealkylation sites (N-methyl/N-ethyl adjacent to an activating group) is 1. The number of likely N-dealkylation sites (tertiary alicyclic amines) is 1. The Morgan fingerprint density at radius 3 is 3.14 bits per heavy atom. The van der Waals surface area contributed by atoms with Crippen molar-refractivity contribution < 1.29 is 4.79 Å². The largest absolute Gasteiger partial charge is 0.340 e. The first-order chi connectivity index (χ1) is 10.7. The zero-order valence-corrected chi connectivity index (χ0v) is 13.7. The Morgan fingerprint density at radius 1 is 1.50 bits per heavy atom. The second-order valence-corrected chi connectivity index (χ2v) is 6.86. The fourth-order valence-corrected chi connectivity index (χ4v) is 3.71. The van der Waals surface area contributed by atoms with Gasteiger partial charge in [-0.2, -0.15) is 5.10 Å². The lowest BCUT2D eigenvalue weighted by molar-refractivity contribution is -0.131. The number of hydrogen-bond acceptors (Lipinski definition) is 4. The van der Waals surface area contributed by atoms with Gasteiger partial charge in [0.2, 0.25) is 5.91 Å². The number of thiophene rings is 1. The number of nitrogens with zero attached hydrogens (tertiary/aromatic N) is 4. The molecule has 118 valence electrons. The minimum absolute atomic E-state index is 0.195. The molecule has 1 aliphatic heterocycles. The Hall–Kier alpha value is -1.66. The number of rotatable bonds is 6. The van der Waals surface area contributed by atoms with Crippen molar-refractivity contribution in [3.8, 4) is 0 Å². The second kappa shape index (κ2) is 7.07. The predicted octanol–water partition coefficient (Wildman–Crippen LogP) is 2.07. The third-order valence-corrected chi connectivity index (χ3v) is 5.05. The number of aromatic nitrogens is 2. The Morgan fingerprint density at radius 2 is 2.41 bits per heavy atom. The molecule has 0 bridgehead atoms. The van der Waals surface area contributed by atoms with Crippen LogP contribution in [0, 0.1) is 0 Å². The first-order valence-electron chi connectivity index (χ1n) is 7.70. The van der Waals surface area contributed by atoms with Crippen LogP contribution in [0.2, 0.25) is 0 Å². The minimum atomic E-state index is 0.195. The number of carbonyl (C=O) groups is 1. The molecule has 6 heteroatoms. The topological polar surface area (TPSA) is 41.4 Å². The van der Waals surface area contributed by atoms with Gasteiger partial charge in [-0.15, -0.1) is 11.3 Å². The van der Waals surface area contributed by atoms with E-state index in [-0.39, 0.29) is 5.91 Å². The van der Waals surface area contributed by atoms with Crippen molar-refractivity contribution >= 4 is 17.2 Å². The lowest BCUT2D eigenvalue weighted by Crippen LogP contribution is -2.41. The summed E-state index contributed by atoms with van der Waals surface area (Å²) in [6.07, 6.45) is 6.09. The Labute approximate surface area is 135 Å². The lowest BCUT2D eigenvalue weighted by Gasteiger charge is -2.26. The molecular formula is C16H22N4OS. The third kappa shape index (κ3) is 3.75. The van der Waals surface area contributed by atoms with Crippen LogP contribution in [0.3, 0.4) is 0 Å². The van der Waals surface area contributed by atoms with Gasteiger partial charge in [0.15, 0.2) is 0 Å². The smallest absolute Gasteiger partial charge is 0.236 e. The number of carbonyl (C=O) groups excluding carboxylic acids is 1. The van der Waals surface area contributed by atoms with Gasteiger partial charge in [-0.3, -0.25) is 14.4 Å². The average molecular weight is 318 g/mol. The maximum Gasteiger partial charge on any atom is 0.236 e. The molecule has 1 saturated heterocycles. The summed E-state index contributed by atoms with van der Waals surface area (Å²) in [5, 5.41) is 6.32. The van der Waals surface area contributed by atoms with Crippen LogP contribution in [-0.2, 0) is 17.9 Å². The lowest BCUT2D eigenvalue weighted by atomic mass is 10.2. The molecule has 1 atom stereocenters.